The topological polar surface area (TPSA) is 78.2 Å². The number of para-hydroxylation sites is 1. The number of amides is 1. The molecular weight excluding hydrogens is 460 g/mol. The molecule has 6 nitrogen and oxygen atoms in total. The van der Waals surface area contributed by atoms with Gasteiger partial charge in [-0.15, -0.1) is 0 Å². The van der Waals surface area contributed by atoms with Gasteiger partial charge >= 0.3 is 0 Å². The average Bonchev–Trinajstić information content (AvgIpc) is 2.87. The summed E-state index contributed by atoms with van der Waals surface area (Å²) in [6.45, 7) is 9.88. The van der Waals surface area contributed by atoms with E-state index in [0.29, 0.717) is 17.5 Å². The number of hydrogen-bond donors (Lipinski definition) is 1. The Bertz CT molecular complexity index is 1420. The van der Waals surface area contributed by atoms with E-state index in [1.807, 2.05) is 48.7 Å². The molecule has 0 bridgehead atoms. The molecule has 1 fully saturated rings. The number of benzene rings is 2. The van der Waals surface area contributed by atoms with Crippen LogP contribution in [0.2, 0.25) is 0 Å². The molecule has 1 N–H and O–H groups in total. The van der Waals surface area contributed by atoms with Crippen molar-refractivity contribution in [2.24, 2.45) is 5.92 Å². The van der Waals surface area contributed by atoms with E-state index in [0.717, 1.165) is 51.9 Å². The Labute approximate surface area is 218 Å². The number of ether oxygens (including phenoxy) is 1. The van der Waals surface area contributed by atoms with Crippen molar-refractivity contribution in [3.8, 4) is 17.2 Å². The van der Waals surface area contributed by atoms with Crippen molar-refractivity contribution in [3.63, 3.8) is 0 Å². The fourth-order valence-corrected chi connectivity index (χ4v) is 5.62. The first-order valence-corrected chi connectivity index (χ1v) is 12.8. The van der Waals surface area contributed by atoms with Crippen LogP contribution < -0.4 is 5.32 Å². The smallest absolute Gasteiger partial charge is 0.221 e. The van der Waals surface area contributed by atoms with Crippen LogP contribution in [-0.2, 0) is 9.53 Å². The summed E-state index contributed by atoms with van der Waals surface area (Å²) in [4.78, 5) is 19.7. The van der Waals surface area contributed by atoms with Crippen molar-refractivity contribution < 1.29 is 9.53 Å². The molecule has 2 unspecified atom stereocenters. The van der Waals surface area contributed by atoms with Crippen molar-refractivity contribution in [2.45, 2.75) is 45.9 Å². The van der Waals surface area contributed by atoms with Gasteiger partial charge in [0, 0.05) is 48.8 Å². The molecule has 0 saturated carbocycles. The Hall–Kier alpha value is -3.79. The zero-order valence-electron chi connectivity index (χ0n) is 21.7. The number of fused-ring (bicyclic) bond motifs is 1. The van der Waals surface area contributed by atoms with Gasteiger partial charge in [0.1, 0.15) is 0 Å². The summed E-state index contributed by atoms with van der Waals surface area (Å²) in [6.07, 6.45) is 9.03. The highest BCUT2D eigenvalue weighted by atomic mass is 16.5. The van der Waals surface area contributed by atoms with Gasteiger partial charge < -0.3 is 10.1 Å². The number of aromatic nitrogens is 1. The first-order chi connectivity index (χ1) is 17.8. The maximum atomic E-state index is 12.3. The van der Waals surface area contributed by atoms with Crippen LogP contribution in [0, 0.1) is 17.2 Å². The van der Waals surface area contributed by atoms with Gasteiger partial charge in [-0.3, -0.25) is 14.7 Å². The standard InChI is InChI=1S/C31H32N4O2/c1-19-14-25(12-13-29(19)35-17-20(2)37-21(3)18-35)28-16-33-30-26(24-10-8-23(15-32)9-11-24)6-5-7-27(30)31(28)34-22(4)36/h5-14,16,19-21,29H,17-18H2,1-4H3,(H,33,34,36)/t19?,20-,21+,29?. The summed E-state index contributed by atoms with van der Waals surface area (Å²) < 4.78 is 5.94. The van der Waals surface area contributed by atoms with Crippen LogP contribution in [-0.4, -0.2) is 47.1 Å². The minimum absolute atomic E-state index is 0.125. The lowest BCUT2D eigenvalue weighted by Crippen LogP contribution is -2.51. The van der Waals surface area contributed by atoms with E-state index in [9.17, 15) is 4.79 Å². The van der Waals surface area contributed by atoms with Gasteiger partial charge in [0.15, 0.2) is 0 Å². The fraction of sp³-hybridized carbons (Fsp3) is 0.323. The number of morpholine rings is 1. The molecular formula is C31H32N4O2. The molecule has 37 heavy (non-hydrogen) atoms. The number of anilines is 1. The molecule has 6 heteroatoms. The molecule has 0 spiro atoms. The molecule has 1 saturated heterocycles. The van der Waals surface area contributed by atoms with Crippen LogP contribution in [0.1, 0.15) is 38.8 Å². The van der Waals surface area contributed by atoms with Crippen LogP contribution in [0.4, 0.5) is 5.69 Å². The van der Waals surface area contributed by atoms with E-state index in [4.69, 9.17) is 15.0 Å². The molecule has 4 atom stereocenters. The third-order valence-electron chi connectivity index (χ3n) is 7.16. The molecule has 3 aromatic rings. The lowest BCUT2D eigenvalue weighted by Gasteiger charge is -2.41. The summed E-state index contributed by atoms with van der Waals surface area (Å²) in [7, 11) is 0. The van der Waals surface area contributed by atoms with Crippen molar-refractivity contribution in [3.05, 3.63) is 78.0 Å². The number of carbonyl (C=O) groups excluding carboxylic acids is 1. The largest absolute Gasteiger partial charge is 0.373 e. The number of rotatable bonds is 4. The number of carbonyl (C=O) groups is 1. The normalized spacial score (nSPS) is 23.9. The Morgan fingerprint density at radius 2 is 1.81 bits per heavy atom. The molecule has 1 aliphatic heterocycles. The minimum Gasteiger partial charge on any atom is -0.373 e. The van der Waals surface area contributed by atoms with Crippen molar-refractivity contribution in [1.82, 2.24) is 9.88 Å². The first kappa shape index (κ1) is 24.9. The molecule has 1 aromatic heterocycles. The van der Waals surface area contributed by atoms with E-state index in [2.05, 4.69) is 55.3 Å². The number of nitriles is 1. The van der Waals surface area contributed by atoms with Gasteiger partial charge in [0.25, 0.3) is 0 Å². The highest BCUT2D eigenvalue weighted by Crippen LogP contribution is 2.38. The predicted molar refractivity (Wildman–Crippen MR) is 148 cm³/mol. The Balaban J connectivity index is 1.54. The van der Waals surface area contributed by atoms with Gasteiger partial charge in [-0.1, -0.05) is 55.5 Å². The second-order valence-electron chi connectivity index (χ2n) is 10.2. The zero-order valence-corrected chi connectivity index (χ0v) is 21.7. The average molecular weight is 493 g/mol. The van der Waals surface area contributed by atoms with E-state index in [1.54, 1.807) is 0 Å². The monoisotopic (exact) mass is 492 g/mol. The van der Waals surface area contributed by atoms with E-state index in [-0.39, 0.29) is 18.1 Å². The van der Waals surface area contributed by atoms with Crippen LogP contribution in [0.15, 0.2) is 66.9 Å². The van der Waals surface area contributed by atoms with Gasteiger partial charge in [-0.05, 0) is 43.0 Å². The van der Waals surface area contributed by atoms with Gasteiger partial charge in [-0.25, -0.2) is 0 Å². The highest BCUT2D eigenvalue weighted by molar-refractivity contribution is 6.08. The lowest BCUT2D eigenvalue weighted by molar-refractivity contribution is -0.114. The Kier molecular flexibility index (Phi) is 6.92. The summed E-state index contributed by atoms with van der Waals surface area (Å²) in [5, 5.41) is 13.1. The molecule has 188 valence electrons. The number of hydrogen-bond acceptors (Lipinski definition) is 5. The minimum atomic E-state index is -0.125. The quantitative estimate of drug-likeness (QED) is 0.498. The highest BCUT2D eigenvalue weighted by Gasteiger charge is 2.31. The van der Waals surface area contributed by atoms with Crippen LogP contribution in [0.25, 0.3) is 27.6 Å². The van der Waals surface area contributed by atoms with E-state index in [1.165, 1.54) is 6.92 Å². The maximum Gasteiger partial charge on any atom is 0.221 e. The van der Waals surface area contributed by atoms with Crippen molar-refractivity contribution >= 4 is 28.1 Å². The molecule has 2 heterocycles. The Morgan fingerprint density at radius 1 is 1.08 bits per heavy atom. The van der Waals surface area contributed by atoms with Crippen molar-refractivity contribution in [1.29, 1.82) is 5.26 Å². The maximum absolute atomic E-state index is 12.3. The summed E-state index contributed by atoms with van der Waals surface area (Å²) in [5.41, 5.74) is 6.08. The third-order valence-corrected chi connectivity index (χ3v) is 7.16. The lowest BCUT2D eigenvalue weighted by atomic mass is 9.87. The number of allylic oxidation sites excluding steroid dienone is 2. The second kappa shape index (κ2) is 10.3. The number of nitrogens with one attached hydrogen (secondary N) is 1. The SMILES string of the molecule is CC(=O)Nc1c(C2=CC(C)C(N3C[C@@H](C)O[C@@H](C)C3)C=C2)cnc2c(-c3ccc(C#N)cc3)cccc12. The molecule has 2 aromatic carbocycles. The van der Waals surface area contributed by atoms with Crippen molar-refractivity contribution in [2.75, 3.05) is 18.4 Å². The first-order valence-electron chi connectivity index (χ1n) is 12.8. The fourth-order valence-electron chi connectivity index (χ4n) is 5.62. The summed E-state index contributed by atoms with van der Waals surface area (Å²) in [6, 6.07) is 16.0. The van der Waals surface area contributed by atoms with E-state index < -0.39 is 0 Å². The predicted octanol–water partition coefficient (Wildman–Crippen LogP) is 5.80. The third kappa shape index (κ3) is 5.06. The van der Waals surface area contributed by atoms with Crippen LogP contribution in [0.3, 0.4) is 0 Å². The molecule has 2 aliphatic rings. The molecule has 0 radical (unpaired) electrons. The van der Waals surface area contributed by atoms with Gasteiger partial charge in [0.05, 0.1) is 35.0 Å². The number of nitrogens with zero attached hydrogens (tertiary/aromatic N) is 3. The summed E-state index contributed by atoms with van der Waals surface area (Å²) >= 11 is 0. The second-order valence-corrected chi connectivity index (χ2v) is 10.2. The number of pyridine rings is 1. The van der Waals surface area contributed by atoms with Gasteiger partial charge in [0.2, 0.25) is 5.91 Å². The van der Waals surface area contributed by atoms with Crippen LogP contribution in [0.5, 0.6) is 0 Å². The zero-order chi connectivity index (χ0) is 26.1. The van der Waals surface area contributed by atoms with Crippen LogP contribution >= 0.6 is 0 Å². The molecule has 1 amide bonds. The molecule has 1 aliphatic carbocycles. The van der Waals surface area contributed by atoms with E-state index >= 15 is 0 Å². The van der Waals surface area contributed by atoms with Gasteiger partial charge in [-0.2, -0.15) is 5.26 Å². The Morgan fingerprint density at radius 3 is 2.46 bits per heavy atom. The summed E-state index contributed by atoms with van der Waals surface area (Å²) in [5.74, 6) is 0.170. The molecule has 5 rings (SSSR count).